The molecule has 0 aliphatic carbocycles. The number of hydrogen-bond donors (Lipinski definition) is 1. The van der Waals surface area contributed by atoms with Crippen LogP contribution in [0.3, 0.4) is 0 Å². The average Bonchev–Trinajstić information content (AvgIpc) is 2.98. The predicted octanol–water partition coefficient (Wildman–Crippen LogP) is -2.94. The Balaban J connectivity index is 0.000000911. The molecule has 5 rings (SSSR count). The predicted molar refractivity (Wildman–Crippen MR) is 101 cm³/mol. The Morgan fingerprint density at radius 1 is 0.963 bits per heavy atom. The summed E-state index contributed by atoms with van der Waals surface area (Å²) in [6.07, 6.45) is 0.880. The van der Waals surface area contributed by atoms with Gasteiger partial charge in [-0.3, -0.25) is 0 Å². The Bertz CT molecular complexity index is 1170. The molecule has 0 saturated carbocycles. The van der Waals surface area contributed by atoms with Crippen molar-refractivity contribution in [2.24, 2.45) is 7.05 Å². The zero-order chi connectivity index (χ0) is 15.6. The number of aromatic nitrogens is 3. The molecule has 7 N–H and O–H groups in total. The standard InChI is InChI=1S/C19H15N3O.ClH.3H2O/c1-21-16-9-5-3-7-14(16)19(23)22-11-10-13-12-6-2-4-8-15(12)20-17(13)18(21)22;;;;/h2-9H,10-11H2,1H3;1H;3*1H2. The molecule has 0 amide bonds. The molecule has 0 saturated heterocycles. The number of nitrogens with one attached hydrogen (secondary N) is 1. The highest BCUT2D eigenvalue weighted by Gasteiger charge is 2.31. The number of hydrogen-bond acceptors (Lipinski definition) is 1. The van der Waals surface area contributed by atoms with Gasteiger partial charge in [-0.1, -0.05) is 30.3 Å². The second kappa shape index (κ2) is 7.89. The second-order valence-electron chi connectivity index (χ2n) is 6.13. The maximum Gasteiger partial charge on any atom is 0.345 e. The summed E-state index contributed by atoms with van der Waals surface area (Å²) in [5, 5.41) is 2.03. The van der Waals surface area contributed by atoms with E-state index in [0.29, 0.717) is 0 Å². The van der Waals surface area contributed by atoms with Crippen molar-refractivity contribution in [3.8, 4) is 11.5 Å². The van der Waals surface area contributed by atoms with E-state index in [0.717, 1.165) is 40.9 Å². The minimum Gasteiger partial charge on any atom is -1.00 e. The van der Waals surface area contributed by atoms with Crippen molar-refractivity contribution in [2.75, 3.05) is 0 Å². The Morgan fingerprint density at radius 2 is 1.59 bits per heavy atom. The lowest BCUT2D eigenvalue weighted by Gasteiger charge is -2.15. The SMILES string of the molecule is C[n+]1c2n(c(=O)c3ccccc31)CCc1c-2[nH]c2ccccc12.O.O.O.[Cl-]. The van der Waals surface area contributed by atoms with Crippen LogP contribution in [0.25, 0.3) is 33.3 Å². The van der Waals surface area contributed by atoms with Crippen LogP contribution in [0.5, 0.6) is 0 Å². The number of benzene rings is 2. The first-order chi connectivity index (χ1) is 11.3. The Kier molecular flexibility index (Phi) is 6.53. The van der Waals surface area contributed by atoms with E-state index in [2.05, 4.69) is 27.8 Å². The fourth-order valence-electron chi connectivity index (χ4n) is 3.87. The molecule has 27 heavy (non-hydrogen) atoms. The largest absolute Gasteiger partial charge is 1.00 e. The number of aromatic amines is 1. The van der Waals surface area contributed by atoms with Gasteiger partial charge < -0.3 is 33.8 Å². The van der Waals surface area contributed by atoms with Gasteiger partial charge in [0.1, 0.15) is 16.6 Å². The van der Waals surface area contributed by atoms with E-state index in [1.165, 1.54) is 10.9 Å². The van der Waals surface area contributed by atoms with Crippen molar-refractivity contribution >= 4 is 21.8 Å². The number of halogens is 1. The van der Waals surface area contributed by atoms with E-state index in [1.807, 2.05) is 41.9 Å². The van der Waals surface area contributed by atoms with Crippen molar-refractivity contribution in [3.63, 3.8) is 0 Å². The lowest BCUT2D eigenvalue weighted by molar-refractivity contribution is -0.638. The summed E-state index contributed by atoms with van der Waals surface area (Å²) in [6.45, 7) is 0.724. The molecule has 0 bridgehead atoms. The first-order valence-corrected chi connectivity index (χ1v) is 7.87. The highest BCUT2D eigenvalue weighted by atomic mass is 35.5. The molecule has 4 aromatic rings. The molecule has 3 heterocycles. The van der Waals surface area contributed by atoms with Gasteiger partial charge >= 0.3 is 11.4 Å². The smallest absolute Gasteiger partial charge is 0.345 e. The number of H-pyrrole nitrogens is 1. The van der Waals surface area contributed by atoms with Crippen LogP contribution in [0.1, 0.15) is 5.56 Å². The van der Waals surface area contributed by atoms with Gasteiger partial charge in [-0.05, 0) is 23.8 Å². The third kappa shape index (κ3) is 2.90. The summed E-state index contributed by atoms with van der Waals surface area (Å²) in [4.78, 5) is 16.4. The van der Waals surface area contributed by atoms with Gasteiger partial charge in [0.15, 0.2) is 0 Å². The third-order valence-electron chi connectivity index (χ3n) is 4.94. The van der Waals surface area contributed by atoms with Crippen LogP contribution in [-0.4, -0.2) is 26.0 Å². The van der Waals surface area contributed by atoms with Crippen LogP contribution >= 0.6 is 0 Å². The lowest BCUT2D eigenvalue weighted by Crippen LogP contribution is -3.00. The third-order valence-corrected chi connectivity index (χ3v) is 4.94. The highest BCUT2D eigenvalue weighted by Crippen LogP contribution is 2.32. The van der Waals surface area contributed by atoms with Crippen LogP contribution in [0.4, 0.5) is 0 Å². The van der Waals surface area contributed by atoms with Crippen molar-refractivity contribution in [1.82, 2.24) is 9.55 Å². The molecule has 2 aromatic heterocycles. The molecule has 0 unspecified atom stereocenters. The number of fused-ring (bicyclic) bond motifs is 6. The maximum atomic E-state index is 12.9. The van der Waals surface area contributed by atoms with E-state index in [-0.39, 0.29) is 34.4 Å². The van der Waals surface area contributed by atoms with Crippen molar-refractivity contribution < 1.29 is 33.4 Å². The molecule has 0 atom stereocenters. The normalized spacial score (nSPS) is 11.3. The summed E-state index contributed by atoms with van der Waals surface area (Å²) in [7, 11) is 2.04. The van der Waals surface area contributed by atoms with Gasteiger partial charge in [-0.25, -0.2) is 9.36 Å². The van der Waals surface area contributed by atoms with Gasteiger partial charge in [0.2, 0.25) is 0 Å². The minimum absolute atomic E-state index is 0. The maximum absolute atomic E-state index is 12.9. The molecule has 144 valence electrons. The molecule has 1 aliphatic rings. The second-order valence-corrected chi connectivity index (χ2v) is 6.13. The molecule has 2 aromatic carbocycles. The highest BCUT2D eigenvalue weighted by molar-refractivity contribution is 5.90. The Labute approximate surface area is 161 Å². The van der Waals surface area contributed by atoms with Crippen LogP contribution in [-0.2, 0) is 20.0 Å². The summed E-state index contributed by atoms with van der Waals surface area (Å²) in [6, 6.07) is 16.2. The Hall–Kier alpha value is -2.71. The van der Waals surface area contributed by atoms with Crippen molar-refractivity contribution in [3.05, 3.63) is 64.4 Å². The van der Waals surface area contributed by atoms with Gasteiger partial charge in [0.25, 0.3) is 0 Å². The molecule has 1 aliphatic heterocycles. The van der Waals surface area contributed by atoms with Crippen molar-refractivity contribution in [1.29, 1.82) is 0 Å². The topological polar surface area (TPSA) is 136 Å². The number of aryl methyl sites for hydroxylation is 2. The van der Waals surface area contributed by atoms with Gasteiger partial charge in [-0.15, -0.1) is 0 Å². The number of rotatable bonds is 0. The fraction of sp³-hybridized carbons (Fsp3) is 0.158. The first kappa shape index (κ1) is 22.3. The molecule has 0 spiro atoms. The molecule has 8 heteroatoms. The monoisotopic (exact) mass is 391 g/mol. The van der Waals surface area contributed by atoms with Gasteiger partial charge in [0.05, 0.1) is 13.6 Å². The first-order valence-electron chi connectivity index (χ1n) is 7.87. The summed E-state index contributed by atoms with van der Waals surface area (Å²) >= 11 is 0. The molecule has 7 nitrogen and oxygen atoms in total. The van der Waals surface area contributed by atoms with Crippen LogP contribution in [0, 0.1) is 0 Å². The molecule has 0 fully saturated rings. The summed E-state index contributed by atoms with van der Waals surface area (Å²) < 4.78 is 4.03. The zero-order valence-electron chi connectivity index (χ0n) is 14.7. The van der Waals surface area contributed by atoms with E-state index in [4.69, 9.17) is 0 Å². The summed E-state index contributed by atoms with van der Waals surface area (Å²) in [5.74, 6) is 0.964. The lowest BCUT2D eigenvalue weighted by atomic mass is 10.0. The van der Waals surface area contributed by atoms with E-state index in [1.54, 1.807) is 0 Å². The van der Waals surface area contributed by atoms with Crippen molar-refractivity contribution in [2.45, 2.75) is 13.0 Å². The quantitative estimate of drug-likeness (QED) is 0.315. The molecular weight excluding hydrogens is 370 g/mol. The van der Waals surface area contributed by atoms with Crippen LogP contribution in [0.15, 0.2) is 53.3 Å². The van der Waals surface area contributed by atoms with Crippen LogP contribution < -0.4 is 22.5 Å². The van der Waals surface area contributed by atoms with Gasteiger partial charge in [0, 0.05) is 17.3 Å². The van der Waals surface area contributed by atoms with E-state index in [9.17, 15) is 4.79 Å². The minimum atomic E-state index is 0. The number of para-hydroxylation sites is 2. The fourth-order valence-corrected chi connectivity index (χ4v) is 3.87. The summed E-state index contributed by atoms with van der Waals surface area (Å²) in [5.41, 5.74) is 4.58. The van der Waals surface area contributed by atoms with Gasteiger partial charge in [-0.2, -0.15) is 4.57 Å². The zero-order valence-corrected chi connectivity index (χ0v) is 15.5. The molecule has 0 radical (unpaired) electrons. The van der Waals surface area contributed by atoms with E-state index < -0.39 is 0 Å². The number of nitrogens with zero attached hydrogens (tertiary/aromatic N) is 2. The van der Waals surface area contributed by atoms with Crippen LogP contribution in [0.2, 0.25) is 0 Å². The van der Waals surface area contributed by atoms with E-state index >= 15 is 0 Å². The average molecular weight is 392 g/mol. The molecular formula is C19H22ClN3O4. The Morgan fingerprint density at radius 3 is 2.33 bits per heavy atom.